The lowest BCUT2D eigenvalue weighted by atomic mass is 10.1. The molecule has 2 aromatic carbocycles. The fraction of sp³-hybridized carbons (Fsp3) is 0.409. The Labute approximate surface area is 171 Å². The van der Waals surface area contributed by atoms with Gasteiger partial charge in [-0.05, 0) is 34.5 Å². The molecule has 0 saturated carbocycles. The van der Waals surface area contributed by atoms with Crippen molar-refractivity contribution in [2.75, 3.05) is 38.2 Å². The van der Waals surface area contributed by atoms with Crippen LogP contribution in [0, 0.1) is 0 Å². The number of hydrogen-bond acceptors (Lipinski definition) is 6. The van der Waals surface area contributed by atoms with Crippen molar-refractivity contribution in [2.45, 2.75) is 25.9 Å². The van der Waals surface area contributed by atoms with Crippen molar-refractivity contribution >= 4 is 5.69 Å². The van der Waals surface area contributed by atoms with Gasteiger partial charge in [-0.3, -0.25) is 4.90 Å². The van der Waals surface area contributed by atoms with Crippen LogP contribution in [-0.4, -0.2) is 58.4 Å². The molecule has 0 unspecified atom stereocenters. The summed E-state index contributed by atoms with van der Waals surface area (Å²) < 4.78 is 7.48. The molecular formula is C22H28N6O. The fourth-order valence-corrected chi connectivity index (χ4v) is 4.09. The predicted octanol–water partition coefficient (Wildman–Crippen LogP) is 3.00. The number of ether oxygens (including phenoxy) is 1. The molecule has 0 aliphatic carbocycles. The number of rotatable bonds is 7. The number of anilines is 1. The van der Waals surface area contributed by atoms with Crippen LogP contribution in [0.2, 0.25) is 0 Å². The van der Waals surface area contributed by atoms with Crippen LogP contribution in [0.3, 0.4) is 0 Å². The third-order valence-corrected chi connectivity index (χ3v) is 5.60. The molecule has 0 N–H and O–H groups in total. The molecule has 1 atom stereocenters. The van der Waals surface area contributed by atoms with E-state index >= 15 is 0 Å². The lowest BCUT2D eigenvalue weighted by Gasteiger charge is -2.39. The first-order chi connectivity index (χ1) is 14.3. The van der Waals surface area contributed by atoms with Gasteiger partial charge < -0.3 is 9.64 Å². The first-order valence-corrected chi connectivity index (χ1v) is 10.2. The van der Waals surface area contributed by atoms with Crippen LogP contribution in [-0.2, 0) is 6.54 Å². The van der Waals surface area contributed by atoms with E-state index in [-0.39, 0.29) is 6.04 Å². The van der Waals surface area contributed by atoms with Gasteiger partial charge >= 0.3 is 0 Å². The molecule has 1 aromatic heterocycles. The van der Waals surface area contributed by atoms with Crippen LogP contribution in [0.15, 0.2) is 54.6 Å². The van der Waals surface area contributed by atoms with E-state index in [1.165, 1.54) is 5.56 Å². The highest BCUT2D eigenvalue weighted by atomic mass is 16.5. The molecule has 1 saturated heterocycles. The van der Waals surface area contributed by atoms with E-state index in [1.807, 2.05) is 35.0 Å². The molecule has 1 aliphatic heterocycles. The maximum absolute atomic E-state index is 5.54. The van der Waals surface area contributed by atoms with Gasteiger partial charge in [0.1, 0.15) is 5.75 Å². The topological polar surface area (TPSA) is 59.3 Å². The van der Waals surface area contributed by atoms with Crippen molar-refractivity contribution < 1.29 is 4.74 Å². The Hall–Kier alpha value is -2.93. The molecular weight excluding hydrogens is 364 g/mol. The van der Waals surface area contributed by atoms with Gasteiger partial charge in [-0.2, -0.15) is 0 Å². The highest BCUT2D eigenvalue weighted by Crippen LogP contribution is 2.30. The quantitative estimate of drug-likeness (QED) is 0.616. The molecule has 7 nitrogen and oxygen atoms in total. The number of methoxy groups -OCH3 is 1. The Bertz CT molecular complexity index is 904. The van der Waals surface area contributed by atoms with Gasteiger partial charge in [-0.25, -0.2) is 4.68 Å². The van der Waals surface area contributed by atoms with E-state index < -0.39 is 0 Å². The molecule has 7 heteroatoms. The summed E-state index contributed by atoms with van der Waals surface area (Å²) in [5.41, 5.74) is 2.37. The first kappa shape index (κ1) is 19.4. The lowest BCUT2D eigenvalue weighted by Crippen LogP contribution is -2.48. The summed E-state index contributed by atoms with van der Waals surface area (Å²) in [6, 6.07) is 18.8. The monoisotopic (exact) mass is 392 g/mol. The smallest absolute Gasteiger partial charge is 0.168 e. The number of tetrazole rings is 1. The number of aromatic nitrogens is 4. The molecule has 0 bridgehead atoms. The third kappa shape index (κ3) is 4.24. The molecule has 152 valence electrons. The van der Waals surface area contributed by atoms with Crippen molar-refractivity contribution in [3.05, 3.63) is 66.0 Å². The Morgan fingerprint density at radius 2 is 1.69 bits per heavy atom. The van der Waals surface area contributed by atoms with Gasteiger partial charge in [0.2, 0.25) is 0 Å². The number of hydrogen-bond donors (Lipinski definition) is 0. The van der Waals surface area contributed by atoms with Crippen LogP contribution in [0.1, 0.15) is 30.8 Å². The minimum Gasteiger partial charge on any atom is -0.495 e. The predicted molar refractivity (Wildman–Crippen MR) is 113 cm³/mol. The van der Waals surface area contributed by atoms with Gasteiger partial charge in [0.25, 0.3) is 0 Å². The zero-order chi connectivity index (χ0) is 20.1. The fourth-order valence-electron chi connectivity index (χ4n) is 4.09. The van der Waals surface area contributed by atoms with Crippen molar-refractivity contribution in [3.63, 3.8) is 0 Å². The zero-order valence-corrected chi connectivity index (χ0v) is 17.1. The lowest BCUT2D eigenvalue weighted by molar-refractivity contribution is 0.169. The highest BCUT2D eigenvalue weighted by Gasteiger charge is 2.28. The van der Waals surface area contributed by atoms with E-state index in [9.17, 15) is 0 Å². The Morgan fingerprint density at radius 1 is 0.966 bits per heavy atom. The summed E-state index contributed by atoms with van der Waals surface area (Å²) in [4.78, 5) is 4.90. The first-order valence-electron chi connectivity index (χ1n) is 10.2. The summed E-state index contributed by atoms with van der Waals surface area (Å²) in [5, 5.41) is 12.6. The van der Waals surface area contributed by atoms with Crippen LogP contribution in [0.4, 0.5) is 5.69 Å². The van der Waals surface area contributed by atoms with Crippen molar-refractivity contribution in [1.29, 1.82) is 0 Å². The van der Waals surface area contributed by atoms with Crippen LogP contribution < -0.4 is 9.64 Å². The minimum atomic E-state index is 0.216. The van der Waals surface area contributed by atoms with E-state index in [0.717, 1.165) is 49.9 Å². The maximum atomic E-state index is 5.54. The summed E-state index contributed by atoms with van der Waals surface area (Å²) >= 11 is 0. The SMILES string of the molecule is CC[C@H](c1nnnn1Cc1ccccc1)N1CCN(c2ccccc2OC)CC1. The average molecular weight is 393 g/mol. The Morgan fingerprint density at radius 3 is 2.41 bits per heavy atom. The zero-order valence-electron chi connectivity index (χ0n) is 17.1. The molecule has 1 aliphatic rings. The minimum absolute atomic E-state index is 0.216. The van der Waals surface area contributed by atoms with Gasteiger partial charge in [-0.1, -0.05) is 49.4 Å². The number of benzene rings is 2. The van der Waals surface area contributed by atoms with Gasteiger partial charge in [0.15, 0.2) is 5.82 Å². The standard InChI is InChI=1S/C22H28N6O/c1-3-19(22-23-24-25-28(22)17-18-9-5-4-6-10-18)26-13-15-27(16-14-26)20-11-7-8-12-21(20)29-2/h4-12,19H,3,13-17H2,1-2H3/t19-/m1/s1. The Balaban J connectivity index is 1.46. The second-order valence-electron chi connectivity index (χ2n) is 7.30. The van der Waals surface area contributed by atoms with E-state index in [2.05, 4.69) is 56.5 Å². The van der Waals surface area contributed by atoms with E-state index in [1.54, 1.807) is 7.11 Å². The van der Waals surface area contributed by atoms with Crippen molar-refractivity contribution in [1.82, 2.24) is 25.1 Å². The van der Waals surface area contributed by atoms with Crippen molar-refractivity contribution in [2.24, 2.45) is 0 Å². The van der Waals surface area contributed by atoms with Crippen molar-refractivity contribution in [3.8, 4) is 5.75 Å². The van der Waals surface area contributed by atoms with E-state index in [4.69, 9.17) is 4.74 Å². The van der Waals surface area contributed by atoms with Gasteiger partial charge in [0, 0.05) is 26.2 Å². The number of piperazine rings is 1. The molecule has 1 fully saturated rings. The summed E-state index contributed by atoms with van der Waals surface area (Å²) in [6.07, 6.45) is 0.976. The summed E-state index contributed by atoms with van der Waals surface area (Å²) in [5.74, 6) is 1.88. The van der Waals surface area contributed by atoms with Gasteiger partial charge in [0.05, 0.1) is 25.4 Å². The maximum Gasteiger partial charge on any atom is 0.168 e. The second-order valence-corrected chi connectivity index (χ2v) is 7.30. The molecule has 4 rings (SSSR count). The average Bonchev–Trinajstić information content (AvgIpc) is 3.23. The Kier molecular flexibility index (Phi) is 6.05. The highest BCUT2D eigenvalue weighted by molar-refractivity contribution is 5.58. The van der Waals surface area contributed by atoms with Gasteiger partial charge in [-0.15, -0.1) is 5.10 Å². The van der Waals surface area contributed by atoms with Crippen LogP contribution >= 0.6 is 0 Å². The molecule has 0 amide bonds. The third-order valence-electron chi connectivity index (χ3n) is 5.60. The van der Waals surface area contributed by atoms with Crippen LogP contribution in [0.5, 0.6) is 5.75 Å². The summed E-state index contributed by atoms with van der Waals surface area (Å²) in [7, 11) is 1.73. The number of para-hydroxylation sites is 2. The molecule has 29 heavy (non-hydrogen) atoms. The number of nitrogens with zero attached hydrogens (tertiary/aromatic N) is 6. The molecule has 2 heterocycles. The molecule has 0 radical (unpaired) electrons. The second kappa shape index (κ2) is 9.05. The van der Waals surface area contributed by atoms with E-state index in [0.29, 0.717) is 6.54 Å². The molecule has 3 aromatic rings. The summed E-state index contributed by atoms with van der Waals surface area (Å²) in [6.45, 7) is 6.75. The normalized spacial score (nSPS) is 16.0. The largest absolute Gasteiger partial charge is 0.495 e. The molecule has 0 spiro atoms. The van der Waals surface area contributed by atoms with Crippen LogP contribution in [0.25, 0.3) is 0 Å².